The van der Waals surface area contributed by atoms with E-state index in [9.17, 15) is 9.59 Å². The molecule has 0 saturated heterocycles. The van der Waals surface area contributed by atoms with E-state index in [0.29, 0.717) is 12.2 Å². The van der Waals surface area contributed by atoms with E-state index >= 15 is 0 Å². The smallest absolute Gasteiger partial charge is 0.341 e. The highest BCUT2D eigenvalue weighted by molar-refractivity contribution is 6.37. The fraction of sp³-hybridized carbons (Fsp3) is 0.200. The normalized spacial score (nSPS) is 15.6. The summed E-state index contributed by atoms with van der Waals surface area (Å²) < 4.78 is 10.6. The van der Waals surface area contributed by atoms with Crippen molar-refractivity contribution < 1.29 is 24.2 Å². The molecule has 1 N–H and O–H groups in total. The van der Waals surface area contributed by atoms with Crippen molar-refractivity contribution in [2.75, 3.05) is 6.61 Å². The van der Waals surface area contributed by atoms with Crippen molar-refractivity contribution in [2.24, 2.45) is 0 Å². The summed E-state index contributed by atoms with van der Waals surface area (Å²) in [6.45, 7) is -0.587. The van der Waals surface area contributed by atoms with Gasteiger partial charge in [0.1, 0.15) is 12.0 Å². The van der Waals surface area contributed by atoms with Gasteiger partial charge in [-0.15, -0.1) is 0 Å². The molecule has 0 spiro atoms. The summed E-state index contributed by atoms with van der Waals surface area (Å²) in [6.07, 6.45) is 13.3. The number of ether oxygens (including phenoxy) is 2. The number of allylic oxidation sites excluding steroid dienone is 4. The van der Waals surface area contributed by atoms with Crippen molar-refractivity contribution in [3.05, 3.63) is 76.0 Å². The Hall–Kier alpha value is -2.70. The largest absolute Gasteiger partial charge is 0.479 e. The summed E-state index contributed by atoms with van der Waals surface area (Å²) in [5.41, 5.74) is 1.46. The van der Waals surface area contributed by atoms with Crippen molar-refractivity contribution in [1.29, 1.82) is 0 Å². The standard InChI is InChI=1S/C20H17Cl2NO5/c21-16-9-14(10-17(22)19(16)28-12-18(24)25)20(26)23-6-7-27-15(11-23)8-13-4-2-1-3-5-13/h1-2,4,6-7,9-11H,3,5,8,12H2,(H,24,25). The van der Waals surface area contributed by atoms with Gasteiger partial charge in [0.15, 0.2) is 12.4 Å². The monoisotopic (exact) mass is 421 g/mol. The van der Waals surface area contributed by atoms with E-state index in [-0.39, 0.29) is 27.3 Å². The number of carboxylic acids is 1. The van der Waals surface area contributed by atoms with Gasteiger partial charge in [0, 0.05) is 18.2 Å². The first-order valence-electron chi connectivity index (χ1n) is 8.49. The number of carboxylic acid groups (broad SMARTS) is 1. The Balaban J connectivity index is 1.76. The van der Waals surface area contributed by atoms with E-state index in [1.54, 1.807) is 6.20 Å². The lowest BCUT2D eigenvalue weighted by molar-refractivity contribution is -0.139. The maximum absolute atomic E-state index is 12.8. The number of aliphatic carboxylic acids is 1. The van der Waals surface area contributed by atoms with Crippen LogP contribution in [0.2, 0.25) is 10.0 Å². The number of nitrogens with zero attached hydrogens (tertiary/aromatic N) is 1. The fourth-order valence-corrected chi connectivity index (χ4v) is 3.35. The van der Waals surface area contributed by atoms with Crippen LogP contribution < -0.4 is 4.74 Å². The summed E-state index contributed by atoms with van der Waals surface area (Å²) >= 11 is 12.2. The summed E-state index contributed by atoms with van der Waals surface area (Å²) in [6, 6.07) is 2.77. The maximum atomic E-state index is 12.8. The molecule has 0 radical (unpaired) electrons. The van der Waals surface area contributed by atoms with Crippen LogP contribution in [-0.4, -0.2) is 28.5 Å². The first-order chi connectivity index (χ1) is 13.4. The lowest BCUT2D eigenvalue weighted by Gasteiger charge is -2.21. The van der Waals surface area contributed by atoms with Gasteiger partial charge >= 0.3 is 5.97 Å². The highest BCUT2D eigenvalue weighted by atomic mass is 35.5. The molecule has 1 amide bonds. The Labute approximate surface area is 171 Å². The zero-order valence-corrected chi connectivity index (χ0v) is 16.2. The zero-order chi connectivity index (χ0) is 20.1. The highest BCUT2D eigenvalue weighted by Gasteiger charge is 2.20. The number of hydrogen-bond donors (Lipinski definition) is 1. The summed E-state index contributed by atoms with van der Waals surface area (Å²) in [5, 5.41) is 8.81. The second kappa shape index (κ2) is 8.99. The minimum Gasteiger partial charge on any atom is -0.479 e. The van der Waals surface area contributed by atoms with Crippen LogP contribution in [0.1, 0.15) is 29.6 Å². The van der Waals surface area contributed by atoms with E-state index in [1.807, 2.05) is 12.2 Å². The highest BCUT2D eigenvalue weighted by Crippen LogP contribution is 2.35. The van der Waals surface area contributed by atoms with Crippen LogP contribution in [0.3, 0.4) is 0 Å². The van der Waals surface area contributed by atoms with Crippen LogP contribution >= 0.6 is 23.2 Å². The molecule has 0 unspecified atom stereocenters. The Morgan fingerprint density at radius 1 is 1.25 bits per heavy atom. The van der Waals surface area contributed by atoms with Crippen LogP contribution in [0.15, 0.2) is 60.4 Å². The molecule has 1 aromatic rings. The molecule has 0 fully saturated rings. The van der Waals surface area contributed by atoms with Crippen LogP contribution in [0, 0.1) is 0 Å². The van der Waals surface area contributed by atoms with Gasteiger partial charge < -0.3 is 14.6 Å². The van der Waals surface area contributed by atoms with Crippen molar-refractivity contribution >= 4 is 35.1 Å². The lowest BCUT2D eigenvalue weighted by atomic mass is 10.0. The Morgan fingerprint density at radius 3 is 2.64 bits per heavy atom. The number of carbonyl (C=O) groups is 2. The second-order valence-corrected chi connectivity index (χ2v) is 6.95. The van der Waals surface area contributed by atoms with Crippen LogP contribution in [0.4, 0.5) is 0 Å². The van der Waals surface area contributed by atoms with Crippen LogP contribution in [0.25, 0.3) is 0 Å². The predicted molar refractivity (Wildman–Crippen MR) is 105 cm³/mol. The molecule has 0 aromatic heterocycles. The molecule has 6 nitrogen and oxygen atoms in total. The van der Waals surface area contributed by atoms with Crippen molar-refractivity contribution in [1.82, 2.24) is 4.90 Å². The molecule has 0 atom stereocenters. The first kappa shape index (κ1) is 20.0. The van der Waals surface area contributed by atoms with Gasteiger partial charge in [0.25, 0.3) is 5.91 Å². The van der Waals surface area contributed by atoms with Gasteiger partial charge in [-0.05, 0) is 25.0 Å². The second-order valence-electron chi connectivity index (χ2n) is 6.13. The molecule has 0 saturated carbocycles. The number of benzene rings is 1. The third-order valence-electron chi connectivity index (χ3n) is 4.05. The number of amides is 1. The molecule has 146 valence electrons. The Bertz CT molecular complexity index is 894. The van der Waals surface area contributed by atoms with Gasteiger partial charge in [-0.3, -0.25) is 9.69 Å². The number of hydrogen-bond acceptors (Lipinski definition) is 4. The molecule has 2 aliphatic rings. The first-order valence-corrected chi connectivity index (χ1v) is 9.24. The fourth-order valence-electron chi connectivity index (χ4n) is 2.75. The van der Waals surface area contributed by atoms with Gasteiger partial charge in [-0.25, -0.2) is 4.79 Å². The van der Waals surface area contributed by atoms with E-state index in [0.717, 1.165) is 12.8 Å². The molecule has 8 heteroatoms. The van der Waals surface area contributed by atoms with Crippen LogP contribution in [-0.2, 0) is 9.53 Å². The molecule has 3 rings (SSSR count). The molecule has 0 bridgehead atoms. The van der Waals surface area contributed by atoms with Gasteiger partial charge in [-0.2, -0.15) is 0 Å². The van der Waals surface area contributed by atoms with Gasteiger partial charge in [0.05, 0.1) is 16.2 Å². The van der Waals surface area contributed by atoms with E-state index < -0.39 is 12.6 Å². The predicted octanol–water partition coefficient (Wildman–Crippen LogP) is 4.91. The quantitative estimate of drug-likeness (QED) is 0.705. The summed E-state index contributed by atoms with van der Waals surface area (Å²) in [4.78, 5) is 24.8. The topological polar surface area (TPSA) is 76.1 Å². The molecule has 28 heavy (non-hydrogen) atoms. The van der Waals surface area contributed by atoms with E-state index in [1.165, 1.54) is 35.1 Å². The van der Waals surface area contributed by atoms with Crippen LogP contribution in [0.5, 0.6) is 5.75 Å². The Kier molecular flexibility index (Phi) is 6.44. The average molecular weight is 422 g/mol. The third-order valence-corrected chi connectivity index (χ3v) is 4.61. The van der Waals surface area contributed by atoms with Crippen molar-refractivity contribution in [3.8, 4) is 5.75 Å². The maximum Gasteiger partial charge on any atom is 0.341 e. The summed E-state index contributed by atoms with van der Waals surface area (Å²) in [7, 11) is 0. The van der Waals surface area contributed by atoms with Crippen molar-refractivity contribution in [2.45, 2.75) is 19.3 Å². The van der Waals surface area contributed by atoms with Gasteiger partial charge in [0.2, 0.25) is 0 Å². The molecule has 1 aliphatic heterocycles. The SMILES string of the molecule is O=C(O)COc1c(Cl)cc(C(=O)N2C=COC(CC3=CC=CCC3)=C2)cc1Cl. The lowest BCUT2D eigenvalue weighted by Crippen LogP contribution is -2.23. The van der Waals surface area contributed by atoms with Crippen molar-refractivity contribution in [3.63, 3.8) is 0 Å². The van der Waals surface area contributed by atoms with Gasteiger partial charge in [-0.1, -0.05) is 47.0 Å². The van der Waals surface area contributed by atoms with E-state index in [2.05, 4.69) is 6.08 Å². The number of halogens is 2. The minimum atomic E-state index is -1.16. The minimum absolute atomic E-state index is 0.0216. The summed E-state index contributed by atoms with van der Waals surface area (Å²) in [5.74, 6) is -0.848. The number of rotatable bonds is 6. The third kappa shape index (κ3) is 4.97. The molecular weight excluding hydrogens is 405 g/mol. The number of carbonyl (C=O) groups excluding carboxylic acids is 1. The molecule has 1 aromatic carbocycles. The van der Waals surface area contributed by atoms with E-state index in [4.69, 9.17) is 37.8 Å². The molecule has 1 aliphatic carbocycles. The molecular formula is C20H17Cl2NO5. The molecule has 1 heterocycles. The zero-order valence-electron chi connectivity index (χ0n) is 14.7. The average Bonchev–Trinajstić information content (AvgIpc) is 2.67. The Morgan fingerprint density at radius 2 is 2.00 bits per heavy atom.